The van der Waals surface area contributed by atoms with Crippen LogP contribution in [-0.2, 0) is 16.0 Å². The molecule has 0 saturated carbocycles. The minimum atomic E-state index is -0.00654. The Labute approximate surface area is 158 Å². The molecule has 1 saturated heterocycles. The number of hydrogen-bond acceptors (Lipinski definition) is 2. The number of hydrogen-bond donors (Lipinski definition) is 1. The van der Waals surface area contributed by atoms with Gasteiger partial charge in [-0.3, -0.25) is 9.59 Å². The molecular formula is C23H22N2O2. The van der Waals surface area contributed by atoms with Crippen molar-refractivity contribution >= 4 is 34.0 Å². The second kappa shape index (κ2) is 7.62. The van der Waals surface area contributed by atoms with Gasteiger partial charge in [0.25, 0.3) is 0 Å². The summed E-state index contributed by atoms with van der Waals surface area (Å²) in [5.41, 5.74) is 2.84. The normalized spacial score (nSPS) is 13.9. The number of aryl methyl sites for hydroxylation is 1. The lowest BCUT2D eigenvalue weighted by molar-refractivity contribution is -0.117. The number of carbonyl (C=O) groups excluding carboxylic acids is 2. The van der Waals surface area contributed by atoms with E-state index in [1.807, 2.05) is 42.5 Å². The molecule has 2 amide bonds. The fraction of sp³-hybridized carbons (Fsp3) is 0.217. The standard InChI is InChI=1S/C23H22N2O2/c26-22(15-10-18-7-3-6-17-5-1-2-8-21(17)18)24-19-11-13-20(14-12-19)25-16-4-9-23(25)27/h1-3,5-8,11-14H,4,9-10,15-16H2,(H,24,26). The topological polar surface area (TPSA) is 49.4 Å². The van der Waals surface area contributed by atoms with Gasteiger partial charge in [0.2, 0.25) is 11.8 Å². The lowest BCUT2D eigenvalue weighted by Crippen LogP contribution is -2.23. The van der Waals surface area contributed by atoms with Gasteiger partial charge in [0.05, 0.1) is 0 Å². The van der Waals surface area contributed by atoms with Crippen molar-refractivity contribution in [2.24, 2.45) is 0 Å². The van der Waals surface area contributed by atoms with Crippen molar-refractivity contribution in [3.8, 4) is 0 Å². The summed E-state index contributed by atoms with van der Waals surface area (Å²) in [6.07, 6.45) is 2.66. The predicted molar refractivity (Wildman–Crippen MR) is 109 cm³/mol. The Morgan fingerprint density at radius 3 is 2.52 bits per heavy atom. The van der Waals surface area contributed by atoms with E-state index >= 15 is 0 Å². The van der Waals surface area contributed by atoms with Gasteiger partial charge < -0.3 is 10.2 Å². The summed E-state index contributed by atoms with van der Waals surface area (Å²) in [6.45, 7) is 0.773. The van der Waals surface area contributed by atoms with Crippen LogP contribution < -0.4 is 10.2 Å². The first-order chi connectivity index (χ1) is 13.2. The molecule has 4 heteroatoms. The molecule has 3 aromatic carbocycles. The van der Waals surface area contributed by atoms with E-state index < -0.39 is 0 Å². The largest absolute Gasteiger partial charge is 0.326 e. The monoisotopic (exact) mass is 358 g/mol. The van der Waals surface area contributed by atoms with Crippen LogP contribution in [0.3, 0.4) is 0 Å². The number of carbonyl (C=O) groups is 2. The zero-order valence-corrected chi connectivity index (χ0v) is 15.2. The smallest absolute Gasteiger partial charge is 0.227 e. The Morgan fingerprint density at radius 2 is 1.74 bits per heavy atom. The van der Waals surface area contributed by atoms with E-state index in [9.17, 15) is 9.59 Å². The molecule has 0 bridgehead atoms. The second-order valence-corrected chi connectivity index (χ2v) is 6.88. The first-order valence-corrected chi connectivity index (χ1v) is 9.38. The molecule has 0 unspecified atom stereocenters. The van der Waals surface area contributed by atoms with Crippen LogP contribution in [0, 0.1) is 0 Å². The highest BCUT2D eigenvalue weighted by Crippen LogP contribution is 2.23. The van der Waals surface area contributed by atoms with Crippen molar-refractivity contribution in [3.63, 3.8) is 0 Å². The molecule has 0 aliphatic carbocycles. The lowest BCUT2D eigenvalue weighted by atomic mass is 10.0. The van der Waals surface area contributed by atoms with Gasteiger partial charge in [0.15, 0.2) is 0 Å². The maximum Gasteiger partial charge on any atom is 0.227 e. The van der Waals surface area contributed by atoms with Gasteiger partial charge in [-0.05, 0) is 53.4 Å². The van der Waals surface area contributed by atoms with Crippen LogP contribution in [0.1, 0.15) is 24.8 Å². The first kappa shape index (κ1) is 17.3. The summed E-state index contributed by atoms with van der Waals surface area (Å²) in [4.78, 5) is 25.9. The van der Waals surface area contributed by atoms with E-state index in [2.05, 4.69) is 29.6 Å². The van der Waals surface area contributed by atoms with Crippen LogP contribution in [0.25, 0.3) is 10.8 Å². The highest BCUT2D eigenvalue weighted by Gasteiger charge is 2.21. The minimum absolute atomic E-state index is 0.00654. The number of anilines is 2. The van der Waals surface area contributed by atoms with Crippen LogP contribution >= 0.6 is 0 Å². The zero-order chi connectivity index (χ0) is 18.6. The third-order valence-electron chi connectivity index (χ3n) is 5.04. The van der Waals surface area contributed by atoms with Crippen LogP contribution in [0.2, 0.25) is 0 Å². The average molecular weight is 358 g/mol. The molecule has 1 heterocycles. The Morgan fingerprint density at radius 1 is 0.963 bits per heavy atom. The van der Waals surface area contributed by atoms with Crippen molar-refractivity contribution in [3.05, 3.63) is 72.3 Å². The molecule has 3 aromatic rings. The number of rotatable bonds is 5. The maximum absolute atomic E-state index is 12.3. The Bertz CT molecular complexity index is 974. The SMILES string of the molecule is O=C(CCc1cccc2ccccc12)Nc1ccc(N2CCCC2=O)cc1. The number of nitrogens with zero attached hydrogens (tertiary/aromatic N) is 1. The van der Waals surface area contributed by atoms with E-state index in [1.54, 1.807) is 4.90 Å². The first-order valence-electron chi connectivity index (χ1n) is 9.38. The highest BCUT2D eigenvalue weighted by molar-refractivity contribution is 5.96. The summed E-state index contributed by atoms with van der Waals surface area (Å²) in [5.74, 6) is 0.162. The Kier molecular flexibility index (Phi) is 4.88. The molecule has 1 aliphatic heterocycles. The van der Waals surface area contributed by atoms with Crippen molar-refractivity contribution < 1.29 is 9.59 Å². The maximum atomic E-state index is 12.3. The van der Waals surface area contributed by atoms with Gasteiger partial charge in [-0.15, -0.1) is 0 Å². The average Bonchev–Trinajstić information content (AvgIpc) is 3.13. The van der Waals surface area contributed by atoms with E-state index in [0.717, 1.165) is 24.3 Å². The molecule has 0 spiro atoms. The molecular weight excluding hydrogens is 336 g/mol. The third-order valence-corrected chi connectivity index (χ3v) is 5.04. The molecule has 1 N–H and O–H groups in total. The zero-order valence-electron chi connectivity index (χ0n) is 15.2. The Hall–Kier alpha value is -3.14. The van der Waals surface area contributed by atoms with E-state index in [0.29, 0.717) is 19.3 Å². The van der Waals surface area contributed by atoms with E-state index in [1.165, 1.54) is 16.3 Å². The predicted octanol–water partition coefficient (Wildman–Crippen LogP) is 4.54. The summed E-state index contributed by atoms with van der Waals surface area (Å²) in [6, 6.07) is 21.9. The lowest BCUT2D eigenvalue weighted by Gasteiger charge is -2.16. The van der Waals surface area contributed by atoms with Crippen molar-refractivity contribution in [1.29, 1.82) is 0 Å². The molecule has 27 heavy (non-hydrogen) atoms. The summed E-state index contributed by atoms with van der Waals surface area (Å²) in [7, 11) is 0. The fourth-order valence-electron chi connectivity index (χ4n) is 3.63. The van der Waals surface area contributed by atoms with Gasteiger partial charge in [-0.2, -0.15) is 0 Å². The minimum Gasteiger partial charge on any atom is -0.326 e. The number of amides is 2. The summed E-state index contributed by atoms with van der Waals surface area (Å²) in [5, 5.41) is 5.34. The molecule has 136 valence electrons. The fourth-order valence-corrected chi connectivity index (χ4v) is 3.63. The number of benzene rings is 3. The highest BCUT2D eigenvalue weighted by atomic mass is 16.2. The quantitative estimate of drug-likeness (QED) is 0.728. The van der Waals surface area contributed by atoms with Crippen molar-refractivity contribution in [2.75, 3.05) is 16.8 Å². The molecule has 4 rings (SSSR count). The van der Waals surface area contributed by atoms with Gasteiger partial charge in [-0.1, -0.05) is 42.5 Å². The van der Waals surface area contributed by atoms with Gasteiger partial charge >= 0.3 is 0 Å². The van der Waals surface area contributed by atoms with Crippen molar-refractivity contribution in [2.45, 2.75) is 25.7 Å². The second-order valence-electron chi connectivity index (χ2n) is 6.88. The number of fused-ring (bicyclic) bond motifs is 1. The van der Waals surface area contributed by atoms with Crippen molar-refractivity contribution in [1.82, 2.24) is 0 Å². The summed E-state index contributed by atoms with van der Waals surface area (Å²) >= 11 is 0. The molecule has 1 fully saturated rings. The third kappa shape index (κ3) is 3.85. The van der Waals surface area contributed by atoms with Crippen LogP contribution in [0.15, 0.2) is 66.7 Å². The number of nitrogens with one attached hydrogen (secondary N) is 1. The molecule has 4 nitrogen and oxygen atoms in total. The van der Waals surface area contributed by atoms with Crippen LogP contribution in [0.5, 0.6) is 0 Å². The molecule has 0 atom stereocenters. The molecule has 0 radical (unpaired) electrons. The van der Waals surface area contributed by atoms with Crippen LogP contribution in [0.4, 0.5) is 11.4 Å². The van der Waals surface area contributed by atoms with Crippen LogP contribution in [-0.4, -0.2) is 18.4 Å². The van der Waals surface area contributed by atoms with E-state index in [-0.39, 0.29) is 11.8 Å². The van der Waals surface area contributed by atoms with Gasteiger partial charge in [0.1, 0.15) is 0 Å². The van der Waals surface area contributed by atoms with Gasteiger partial charge in [0, 0.05) is 30.8 Å². The Balaban J connectivity index is 1.37. The summed E-state index contributed by atoms with van der Waals surface area (Å²) < 4.78 is 0. The molecule has 0 aromatic heterocycles. The van der Waals surface area contributed by atoms with Gasteiger partial charge in [-0.25, -0.2) is 0 Å². The van der Waals surface area contributed by atoms with E-state index in [4.69, 9.17) is 0 Å². The molecule has 1 aliphatic rings.